The first-order valence-corrected chi connectivity index (χ1v) is 11.4. The monoisotopic (exact) mass is 411 g/mol. The van der Waals surface area contributed by atoms with Gasteiger partial charge in [0.15, 0.2) is 21.3 Å². The van der Waals surface area contributed by atoms with Gasteiger partial charge in [0.2, 0.25) is 0 Å². The van der Waals surface area contributed by atoms with E-state index in [-0.39, 0.29) is 10.9 Å². The fourth-order valence-electron chi connectivity index (χ4n) is 3.89. The third kappa shape index (κ3) is 3.01. The van der Waals surface area contributed by atoms with Crippen LogP contribution in [0.5, 0.6) is 0 Å². The van der Waals surface area contributed by atoms with Gasteiger partial charge in [-0.05, 0) is 36.6 Å². The topological polar surface area (TPSA) is 89.7 Å². The van der Waals surface area contributed by atoms with Gasteiger partial charge in [-0.15, -0.1) is 0 Å². The van der Waals surface area contributed by atoms with Crippen LogP contribution in [0.2, 0.25) is 0 Å². The minimum absolute atomic E-state index is 0.159. The van der Waals surface area contributed by atoms with Gasteiger partial charge in [0.05, 0.1) is 36.9 Å². The van der Waals surface area contributed by atoms with Crippen molar-refractivity contribution in [2.45, 2.75) is 17.9 Å². The molecule has 0 bridgehead atoms. The number of benzene rings is 1. The number of hydrogen-bond acceptors (Lipinski definition) is 7. The minimum Gasteiger partial charge on any atom is -0.377 e. The van der Waals surface area contributed by atoms with Crippen molar-refractivity contribution in [2.75, 3.05) is 37.5 Å². The first kappa shape index (κ1) is 18.3. The number of hydrogen-bond donors (Lipinski definition) is 0. The summed E-state index contributed by atoms with van der Waals surface area (Å²) < 4.78 is 31.7. The quantitative estimate of drug-likeness (QED) is 0.641. The maximum atomic E-state index is 12.2. The van der Waals surface area contributed by atoms with Gasteiger partial charge in [-0.1, -0.05) is 6.08 Å². The van der Waals surface area contributed by atoms with E-state index in [1.807, 2.05) is 18.2 Å². The minimum atomic E-state index is -3.34. The van der Waals surface area contributed by atoms with Crippen LogP contribution in [0.25, 0.3) is 21.8 Å². The zero-order chi connectivity index (χ0) is 20.2. The Kier molecular flexibility index (Phi) is 4.18. The van der Waals surface area contributed by atoms with Gasteiger partial charge in [0.25, 0.3) is 0 Å². The second kappa shape index (κ2) is 6.64. The Labute approximate surface area is 168 Å². The summed E-state index contributed by atoms with van der Waals surface area (Å²) in [5.41, 5.74) is 0.669. The fourth-order valence-corrected chi connectivity index (χ4v) is 4.54. The smallest absolute Gasteiger partial charge is 0.175 e. The molecule has 5 rings (SSSR count). The molecule has 29 heavy (non-hydrogen) atoms. The zero-order valence-corrected chi connectivity index (χ0v) is 17.1. The molecule has 0 N–H and O–H groups in total. The number of allylic oxidation sites excluding steroid dienone is 1. The van der Waals surface area contributed by atoms with E-state index in [2.05, 4.69) is 21.9 Å². The number of morpholine rings is 1. The summed E-state index contributed by atoms with van der Waals surface area (Å²) in [6.07, 6.45) is 6.84. The Morgan fingerprint density at radius 2 is 2.07 bits per heavy atom. The SMILES string of the molecule is C[C@@H]1COCCN1c1nc2c(cnn2C2=NCC=C2)c2cc(S(C)(=O)=O)ccc12. The number of fused-ring (bicyclic) bond motifs is 3. The van der Waals surface area contributed by atoms with Gasteiger partial charge >= 0.3 is 0 Å². The number of pyridine rings is 1. The molecule has 3 aromatic rings. The van der Waals surface area contributed by atoms with E-state index in [9.17, 15) is 8.42 Å². The lowest BCUT2D eigenvalue weighted by Crippen LogP contribution is -2.44. The van der Waals surface area contributed by atoms with Crippen molar-refractivity contribution in [2.24, 2.45) is 4.99 Å². The van der Waals surface area contributed by atoms with Crippen molar-refractivity contribution in [3.05, 3.63) is 36.5 Å². The average molecular weight is 411 g/mol. The fraction of sp³-hybridized carbons (Fsp3) is 0.350. The number of sulfone groups is 1. The highest BCUT2D eigenvalue weighted by Crippen LogP contribution is 2.34. The van der Waals surface area contributed by atoms with E-state index >= 15 is 0 Å². The zero-order valence-electron chi connectivity index (χ0n) is 16.2. The summed E-state index contributed by atoms with van der Waals surface area (Å²) >= 11 is 0. The van der Waals surface area contributed by atoms with Crippen LogP contribution >= 0.6 is 0 Å². The van der Waals surface area contributed by atoms with Crippen LogP contribution in [0.4, 0.5) is 5.82 Å². The number of anilines is 1. The van der Waals surface area contributed by atoms with E-state index in [4.69, 9.17) is 9.72 Å². The lowest BCUT2D eigenvalue weighted by molar-refractivity contribution is 0.0987. The third-order valence-electron chi connectivity index (χ3n) is 5.39. The van der Waals surface area contributed by atoms with Crippen molar-refractivity contribution in [3.8, 4) is 0 Å². The van der Waals surface area contributed by atoms with E-state index < -0.39 is 9.84 Å². The summed E-state index contributed by atoms with van der Waals surface area (Å²) in [5, 5.41) is 7.03. The summed E-state index contributed by atoms with van der Waals surface area (Å²) in [6.45, 7) is 4.69. The molecule has 9 heteroatoms. The van der Waals surface area contributed by atoms with E-state index in [1.54, 1.807) is 23.0 Å². The molecule has 1 fully saturated rings. The molecule has 1 atom stereocenters. The maximum absolute atomic E-state index is 12.2. The molecular weight excluding hydrogens is 390 g/mol. The number of rotatable bonds is 2. The Hall–Kier alpha value is -2.78. The third-order valence-corrected chi connectivity index (χ3v) is 6.50. The molecule has 0 saturated carbocycles. The van der Waals surface area contributed by atoms with Gasteiger partial charge in [-0.25, -0.2) is 13.4 Å². The predicted molar refractivity (Wildman–Crippen MR) is 113 cm³/mol. The number of nitrogens with zero attached hydrogens (tertiary/aromatic N) is 5. The number of ether oxygens (including phenoxy) is 1. The molecule has 0 spiro atoms. The van der Waals surface area contributed by atoms with Gasteiger partial charge < -0.3 is 9.64 Å². The molecule has 150 valence electrons. The molecule has 1 aromatic carbocycles. The molecule has 4 heterocycles. The summed E-state index contributed by atoms with van der Waals surface area (Å²) in [4.78, 5) is 11.9. The van der Waals surface area contributed by atoms with Crippen LogP contribution < -0.4 is 4.90 Å². The highest BCUT2D eigenvalue weighted by Gasteiger charge is 2.25. The average Bonchev–Trinajstić information content (AvgIpc) is 3.36. The molecule has 0 amide bonds. The highest BCUT2D eigenvalue weighted by molar-refractivity contribution is 7.90. The first-order valence-electron chi connectivity index (χ1n) is 9.51. The Morgan fingerprint density at radius 3 is 2.79 bits per heavy atom. The predicted octanol–water partition coefficient (Wildman–Crippen LogP) is 2.03. The van der Waals surface area contributed by atoms with Crippen LogP contribution in [0.15, 0.2) is 46.4 Å². The van der Waals surface area contributed by atoms with Crippen LogP contribution in [-0.4, -0.2) is 67.6 Å². The largest absolute Gasteiger partial charge is 0.377 e. The second-order valence-corrected chi connectivity index (χ2v) is 9.44. The Balaban J connectivity index is 1.84. The van der Waals surface area contributed by atoms with Crippen LogP contribution in [0.1, 0.15) is 6.92 Å². The van der Waals surface area contributed by atoms with Gasteiger partial charge in [0, 0.05) is 23.6 Å². The van der Waals surface area contributed by atoms with E-state index in [0.717, 1.165) is 34.4 Å². The first-order chi connectivity index (χ1) is 13.9. The molecule has 2 aromatic heterocycles. The van der Waals surface area contributed by atoms with Gasteiger partial charge in [-0.2, -0.15) is 9.78 Å². The van der Waals surface area contributed by atoms with Crippen LogP contribution in [-0.2, 0) is 14.6 Å². The van der Waals surface area contributed by atoms with Crippen LogP contribution in [0.3, 0.4) is 0 Å². The van der Waals surface area contributed by atoms with Crippen molar-refractivity contribution in [1.29, 1.82) is 0 Å². The number of aliphatic imine (C=N–C) groups is 1. The summed E-state index contributed by atoms with van der Waals surface area (Å²) in [5.74, 6) is 1.54. The van der Waals surface area contributed by atoms with Crippen LogP contribution in [0, 0.1) is 0 Å². The van der Waals surface area contributed by atoms with Gasteiger partial charge in [0.1, 0.15) is 5.82 Å². The highest BCUT2D eigenvalue weighted by atomic mass is 32.2. The van der Waals surface area contributed by atoms with E-state index in [0.29, 0.717) is 25.4 Å². The summed E-state index contributed by atoms with van der Waals surface area (Å²) in [7, 11) is -3.34. The Bertz CT molecular complexity index is 1290. The molecule has 0 aliphatic carbocycles. The molecule has 8 nitrogen and oxygen atoms in total. The van der Waals surface area contributed by atoms with E-state index in [1.165, 1.54) is 6.26 Å². The lowest BCUT2D eigenvalue weighted by Gasteiger charge is -2.35. The number of aromatic nitrogens is 3. The molecule has 0 radical (unpaired) electrons. The molecule has 2 aliphatic heterocycles. The Morgan fingerprint density at radius 1 is 1.21 bits per heavy atom. The van der Waals surface area contributed by atoms with Crippen molar-refractivity contribution >= 4 is 43.3 Å². The normalized spacial score (nSPS) is 20.0. The lowest BCUT2D eigenvalue weighted by atomic mass is 10.1. The molecular formula is C20H21N5O3S. The molecule has 0 unspecified atom stereocenters. The van der Waals surface area contributed by atoms with Crippen molar-refractivity contribution in [1.82, 2.24) is 14.8 Å². The maximum Gasteiger partial charge on any atom is 0.175 e. The summed E-state index contributed by atoms with van der Waals surface area (Å²) in [6, 6.07) is 5.38. The van der Waals surface area contributed by atoms with Crippen molar-refractivity contribution < 1.29 is 13.2 Å². The standard InChI is InChI=1S/C20H21N5O3S/c1-13-12-28-9-8-24(13)19-15-6-5-14(29(2,26)27)10-16(15)17-11-22-25(20(17)23-19)18-4-3-7-21-18/h3-6,10-11,13H,7-9,12H2,1-2H3/t13-/m1/s1. The second-order valence-electron chi connectivity index (χ2n) is 7.43. The van der Waals surface area contributed by atoms with Crippen molar-refractivity contribution in [3.63, 3.8) is 0 Å². The van der Waals surface area contributed by atoms with Gasteiger partial charge in [-0.3, -0.25) is 4.99 Å². The molecule has 2 aliphatic rings. The molecule has 1 saturated heterocycles.